The van der Waals surface area contributed by atoms with E-state index in [1.54, 1.807) is 6.92 Å². The second kappa shape index (κ2) is 4.09. The van der Waals surface area contributed by atoms with Crippen molar-refractivity contribution in [2.75, 3.05) is 7.11 Å². The van der Waals surface area contributed by atoms with Crippen LogP contribution in [0, 0.1) is 5.41 Å². The van der Waals surface area contributed by atoms with Gasteiger partial charge < -0.3 is 9.84 Å². The van der Waals surface area contributed by atoms with Gasteiger partial charge in [-0.05, 0) is 18.8 Å². The van der Waals surface area contributed by atoms with Gasteiger partial charge in [0.1, 0.15) is 0 Å². The zero-order chi connectivity index (χ0) is 10.7. The summed E-state index contributed by atoms with van der Waals surface area (Å²) in [5.41, 5.74) is -0.955. The molecule has 1 atom stereocenters. The molecule has 0 heterocycles. The Bertz CT molecular complexity index is 177. The number of esters is 1. The quantitative estimate of drug-likeness (QED) is 0.686. The van der Waals surface area contributed by atoms with Crippen LogP contribution < -0.4 is 0 Å². The molecular weight excluding hydrogens is 168 g/mol. The normalized spacial score (nSPS) is 16.5. The van der Waals surface area contributed by atoms with Crippen LogP contribution in [0.5, 0.6) is 0 Å². The molecule has 0 rings (SSSR count). The number of hydrogen-bond acceptors (Lipinski definition) is 3. The molecular formula is C10H20O3. The molecule has 0 bridgehead atoms. The Morgan fingerprint density at radius 3 is 2.08 bits per heavy atom. The third-order valence-corrected chi connectivity index (χ3v) is 1.66. The molecule has 0 aliphatic carbocycles. The molecule has 0 aliphatic heterocycles. The fraction of sp³-hybridized carbons (Fsp3) is 0.900. The van der Waals surface area contributed by atoms with Gasteiger partial charge in [0.15, 0.2) is 0 Å². The second-order valence-corrected chi connectivity index (χ2v) is 4.99. The van der Waals surface area contributed by atoms with E-state index >= 15 is 0 Å². The number of aliphatic hydroxyl groups is 1. The summed E-state index contributed by atoms with van der Waals surface area (Å²) in [7, 11) is 1.33. The summed E-state index contributed by atoms with van der Waals surface area (Å²) in [5, 5.41) is 9.85. The van der Waals surface area contributed by atoms with Crippen LogP contribution in [0.25, 0.3) is 0 Å². The van der Waals surface area contributed by atoms with Crippen molar-refractivity contribution in [1.82, 2.24) is 0 Å². The van der Waals surface area contributed by atoms with Gasteiger partial charge in [0.05, 0.1) is 19.1 Å². The first kappa shape index (κ1) is 12.4. The molecule has 3 heteroatoms. The Kier molecular flexibility index (Phi) is 3.91. The van der Waals surface area contributed by atoms with Crippen molar-refractivity contribution >= 4 is 5.97 Å². The minimum atomic E-state index is -0.967. The molecule has 13 heavy (non-hydrogen) atoms. The van der Waals surface area contributed by atoms with Gasteiger partial charge >= 0.3 is 5.97 Å². The van der Waals surface area contributed by atoms with Crippen molar-refractivity contribution in [2.45, 2.75) is 46.1 Å². The maximum Gasteiger partial charge on any atom is 0.308 e. The topological polar surface area (TPSA) is 46.5 Å². The third-order valence-electron chi connectivity index (χ3n) is 1.66. The first-order valence-corrected chi connectivity index (χ1v) is 4.45. The van der Waals surface area contributed by atoms with Gasteiger partial charge in [-0.3, -0.25) is 4.79 Å². The lowest BCUT2D eigenvalue weighted by Crippen LogP contribution is -2.33. The summed E-state index contributed by atoms with van der Waals surface area (Å²) in [4.78, 5) is 10.9. The molecule has 0 fully saturated rings. The Hall–Kier alpha value is -0.570. The molecule has 3 nitrogen and oxygen atoms in total. The van der Waals surface area contributed by atoms with Gasteiger partial charge in [0.2, 0.25) is 0 Å². The molecule has 0 aromatic rings. The van der Waals surface area contributed by atoms with E-state index in [-0.39, 0.29) is 17.8 Å². The van der Waals surface area contributed by atoms with Gasteiger partial charge in [-0.15, -0.1) is 0 Å². The summed E-state index contributed by atoms with van der Waals surface area (Å²) in [5.74, 6) is -0.366. The summed E-state index contributed by atoms with van der Waals surface area (Å²) in [6.07, 6.45) is 0.635. The standard InChI is InChI=1S/C10H20O3/c1-9(2,3)7-10(4,12)6-8(11)13-5/h12H,6-7H2,1-5H3. The van der Waals surface area contributed by atoms with Crippen LogP contribution >= 0.6 is 0 Å². The molecule has 0 spiro atoms. The van der Waals surface area contributed by atoms with Gasteiger partial charge in [-0.1, -0.05) is 20.8 Å². The van der Waals surface area contributed by atoms with Crippen molar-refractivity contribution < 1.29 is 14.6 Å². The smallest absolute Gasteiger partial charge is 0.308 e. The average Bonchev–Trinajstić information content (AvgIpc) is 1.80. The zero-order valence-electron chi connectivity index (χ0n) is 9.18. The zero-order valence-corrected chi connectivity index (χ0v) is 9.18. The largest absolute Gasteiger partial charge is 0.469 e. The molecule has 1 unspecified atom stereocenters. The summed E-state index contributed by atoms with van der Waals surface area (Å²) in [6, 6.07) is 0. The lowest BCUT2D eigenvalue weighted by molar-refractivity contribution is -0.146. The van der Waals surface area contributed by atoms with Crippen LogP contribution in [0.1, 0.15) is 40.5 Å². The van der Waals surface area contributed by atoms with Crippen molar-refractivity contribution in [1.29, 1.82) is 0 Å². The van der Waals surface area contributed by atoms with Crippen LogP contribution in [-0.4, -0.2) is 23.8 Å². The molecule has 0 amide bonds. The van der Waals surface area contributed by atoms with Crippen LogP contribution in [0.4, 0.5) is 0 Å². The van der Waals surface area contributed by atoms with Crippen molar-refractivity contribution in [2.24, 2.45) is 5.41 Å². The Labute approximate surface area is 80.1 Å². The summed E-state index contributed by atoms with van der Waals surface area (Å²) >= 11 is 0. The number of carbonyl (C=O) groups excluding carboxylic acids is 1. The maximum atomic E-state index is 10.9. The molecule has 0 radical (unpaired) electrons. The van der Waals surface area contributed by atoms with E-state index in [1.807, 2.05) is 20.8 Å². The number of methoxy groups -OCH3 is 1. The Morgan fingerprint density at radius 2 is 1.77 bits per heavy atom. The van der Waals surface area contributed by atoms with Crippen molar-refractivity contribution in [3.05, 3.63) is 0 Å². The molecule has 0 aromatic heterocycles. The predicted octanol–water partition coefficient (Wildman–Crippen LogP) is 1.74. The lowest BCUT2D eigenvalue weighted by atomic mass is 9.81. The highest BCUT2D eigenvalue weighted by atomic mass is 16.5. The van der Waals surface area contributed by atoms with Crippen LogP contribution in [-0.2, 0) is 9.53 Å². The predicted molar refractivity (Wildman–Crippen MR) is 51.3 cm³/mol. The number of ether oxygens (including phenoxy) is 1. The van der Waals surface area contributed by atoms with Crippen LogP contribution in [0.2, 0.25) is 0 Å². The van der Waals surface area contributed by atoms with E-state index in [2.05, 4.69) is 4.74 Å². The molecule has 78 valence electrons. The fourth-order valence-electron chi connectivity index (χ4n) is 1.59. The highest BCUT2D eigenvalue weighted by molar-refractivity contribution is 5.70. The van der Waals surface area contributed by atoms with Crippen LogP contribution in [0.3, 0.4) is 0 Å². The van der Waals surface area contributed by atoms with E-state index in [1.165, 1.54) is 7.11 Å². The van der Waals surface area contributed by atoms with E-state index < -0.39 is 5.60 Å². The Balaban J connectivity index is 4.16. The van der Waals surface area contributed by atoms with E-state index in [0.29, 0.717) is 6.42 Å². The van der Waals surface area contributed by atoms with Gasteiger partial charge in [-0.2, -0.15) is 0 Å². The van der Waals surface area contributed by atoms with Crippen LogP contribution in [0.15, 0.2) is 0 Å². The van der Waals surface area contributed by atoms with Gasteiger partial charge in [0.25, 0.3) is 0 Å². The third kappa shape index (κ3) is 6.58. The molecule has 0 saturated heterocycles. The number of hydrogen-bond donors (Lipinski definition) is 1. The highest BCUT2D eigenvalue weighted by Gasteiger charge is 2.30. The van der Waals surface area contributed by atoms with E-state index in [4.69, 9.17) is 0 Å². The number of rotatable bonds is 3. The summed E-state index contributed by atoms with van der Waals surface area (Å²) in [6.45, 7) is 7.74. The highest BCUT2D eigenvalue weighted by Crippen LogP contribution is 2.29. The lowest BCUT2D eigenvalue weighted by Gasteiger charge is -2.30. The average molecular weight is 188 g/mol. The second-order valence-electron chi connectivity index (χ2n) is 4.99. The van der Waals surface area contributed by atoms with E-state index in [0.717, 1.165) is 0 Å². The van der Waals surface area contributed by atoms with Crippen molar-refractivity contribution in [3.63, 3.8) is 0 Å². The van der Waals surface area contributed by atoms with E-state index in [9.17, 15) is 9.90 Å². The van der Waals surface area contributed by atoms with Gasteiger partial charge in [-0.25, -0.2) is 0 Å². The maximum absolute atomic E-state index is 10.9. The number of carbonyl (C=O) groups is 1. The molecule has 0 aromatic carbocycles. The van der Waals surface area contributed by atoms with Crippen molar-refractivity contribution in [3.8, 4) is 0 Å². The fourth-order valence-corrected chi connectivity index (χ4v) is 1.59. The van der Waals surface area contributed by atoms with Gasteiger partial charge in [0, 0.05) is 0 Å². The minimum absolute atomic E-state index is 0.0114. The first-order valence-electron chi connectivity index (χ1n) is 4.45. The summed E-state index contributed by atoms with van der Waals surface area (Å²) < 4.78 is 4.50. The Morgan fingerprint density at radius 1 is 1.31 bits per heavy atom. The molecule has 1 N–H and O–H groups in total. The minimum Gasteiger partial charge on any atom is -0.469 e. The molecule has 0 aliphatic rings. The SMILES string of the molecule is COC(=O)CC(C)(O)CC(C)(C)C. The molecule has 0 saturated carbocycles. The monoisotopic (exact) mass is 188 g/mol. The first-order chi connectivity index (χ1) is 5.66.